The predicted molar refractivity (Wildman–Crippen MR) is 67.9 cm³/mol. The van der Waals surface area contributed by atoms with E-state index in [-0.39, 0.29) is 0 Å². The molecule has 0 unspecified atom stereocenters. The first kappa shape index (κ1) is 12.3. The summed E-state index contributed by atoms with van der Waals surface area (Å²) in [7, 11) is 3.27. The molecule has 0 amide bonds. The van der Waals surface area contributed by atoms with Gasteiger partial charge < -0.3 is 19.7 Å². The maximum Gasteiger partial charge on any atom is 0.167 e. The van der Waals surface area contributed by atoms with E-state index in [0.717, 1.165) is 35.7 Å². The van der Waals surface area contributed by atoms with Crippen LogP contribution in [0.25, 0.3) is 0 Å². The van der Waals surface area contributed by atoms with Gasteiger partial charge in [0.2, 0.25) is 0 Å². The van der Waals surface area contributed by atoms with Crippen LogP contribution in [0.15, 0.2) is 28.8 Å². The van der Waals surface area contributed by atoms with Crippen LogP contribution in [-0.4, -0.2) is 19.4 Å². The lowest BCUT2D eigenvalue weighted by atomic mass is 10.1. The van der Waals surface area contributed by atoms with Gasteiger partial charge in [-0.05, 0) is 24.1 Å². The molecule has 0 saturated heterocycles. The van der Waals surface area contributed by atoms with Crippen molar-refractivity contribution in [1.82, 2.24) is 5.16 Å². The Balaban J connectivity index is 2.08. The summed E-state index contributed by atoms with van der Waals surface area (Å²) in [5.41, 5.74) is 6.61. The first-order chi connectivity index (χ1) is 8.71. The molecule has 5 heteroatoms. The number of anilines is 1. The van der Waals surface area contributed by atoms with Gasteiger partial charge in [-0.1, -0.05) is 5.16 Å². The lowest BCUT2D eigenvalue weighted by Crippen LogP contribution is -1.94. The molecule has 2 aromatic rings. The summed E-state index contributed by atoms with van der Waals surface area (Å²) >= 11 is 0. The zero-order valence-electron chi connectivity index (χ0n) is 10.5. The third kappa shape index (κ3) is 2.94. The highest BCUT2D eigenvalue weighted by Gasteiger charge is 2.05. The number of aryl methyl sites for hydroxylation is 2. The molecule has 0 saturated carbocycles. The number of hydrogen-bond acceptors (Lipinski definition) is 5. The molecule has 0 fully saturated rings. The second kappa shape index (κ2) is 5.44. The highest BCUT2D eigenvalue weighted by Crippen LogP contribution is 2.23. The zero-order valence-corrected chi connectivity index (χ0v) is 10.5. The van der Waals surface area contributed by atoms with Crippen molar-refractivity contribution in [2.24, 2.45) is 0 Å². The van der Waals surface area contributed by atoms with Gasteiger partial charge >= 0.3 is 0 Å². The molecule has 0 bridgehead atoms. The van der Waals surface area contributed by atoms with Crippen molar-refractivity contribution in [1.29, 1.82) is 0 Å². The highest BCUT2D eigenvalue weighted by molar-refractivity contribution is 5.38. The van der Waals surface area contributed by atoms with E-state index in [1.165, 1.54) is 0 Å². The minimum Gasteiger partial charge on any atom is -0.497 e. The molecule has 1 heterocycles. The van der Waals surface area contributed by atoms with E-state index in [0.29, 0.717) is 5.82 Å². The molecule has 96 valence electrons. The largest absolute Gasteiger partial charge is 0.497 e. The number of benzene rings is 1. The molecule has 0 aliphatic rings. The summed E-state index contributed by atoms with van der Waals surface area (Å²) in [6, 6.07) is 7.53. The van der Waals surface area contributed by atoms with Crippen LogP contribution >= 0.6 is 0 Å². The van der Waals surface area contributed by atoms with Gasteiger partial charge in [-0.15, -0.1) is 0 Å². The Bertz CT molecular complexity index is 500. The van der Waals surface area contributed by atoms with Crippen molar-refractivity contribution in [2.75, 3.05) is 20.0 Å². The molecule has 1 aromatic carbocycles. The molecule has 1 aromatic heterocycles. The molecule has 0 radical (unpaired) electrons. The first-order valence-corrected chi connectivity index (χ1v) is 5.64. The number of nitrogens with zero attached hydrogens (tertiary/aromatic N) is 1. The number of aromatic nitrogens is 1. The molecule has 2 N–H and O–H groups in total. The van der Waals surface area contributed by atoms with E-state index >= 15 is 0 Å². The van der Waals surface area contributed by atoms with Crippen molar-refractivity contribution in [3.63, 3.8) is 0 Å². The SMILES string of the molecule is COc1cc(CCc2cc(N)no2)cc(OC)c1. The quantitative estimate of drug-likeness (QED) is 0.877. The first-order valence-electron chi connectivity index (χ1n) is 5.64. The standard InChI is InChI=1S/C13H16N2O3/c1-16-11-5-9(6-12(7-11)17-2)3-4-10-8-13(14)15-18-10/h5-8H,3-4H2,1-2H3,(H2,14,15). The molecule has 0 atom stereocenters. The normalized spacial score (nSPS) is 10.3. The molecular weight excluding hydrogens is 232 g/mol. The Morgan fingerprint density at radius 2 is 1.72 bits per heavy atom. The van der Waals surface area contributed by atoms with Gasteiger partial charge in [0.05, 0.1) is 14.2 Å². The zero-order chi connectivity index (χ0) is 13.0. The maximum atomic E-state index is 5.49. The van der Waals surface area contributed by atoms with Crippen LogP contribution in [0.1, 0.15) is 11.3 Å². The molecule has 2 rings (SSSR count). The second-order valence-electron chi connectivity index (χ2n) is 3.94. The van der Waals surface area contributed by atoms with Crippen LogP contribution in [-0.2, 0) is 12.8 Å². The second-order valence-corrected chi connectivity index (χ2v) is 3.94. The van der Waals surface area contributed by atoms with Crippen LogP contribution in [0.2, 0.25) is 0 Å². The monoisotopic (exact) mass is 248 g/mol. The van der Waals surface area contributed by atoms with E-state index in [2.05, 4.69) is 5.16 Å². The predicted octanol–water partition coefficient (Wildman–Crippen LogP) is 2.06. The minimum atomic E-state index is 0.410. The van der Waals surface area contributed by atoms with Crippen molar-refractivity contribution in [3.05, 3.63) is 35.6 Å². The molecule has 0 spiro atoms. The van der Waals surface area contributed by atoms with E-state index in [1.807, 2.05) is 18.2 Å². The van der Waals surface area contributed by atoms with Gasteiger partial charge in [0.1, 0.15) is 17.3 Å². The average Bonchev–Trinajstić information content (AvgIpc) is 2.81. The third-order valence-corrected chi connectivity index (χ3v) is 2.65. The topological polar surface area (TPSA) is 70.5 Å². The molecule has 5 nitrogen and oxygen atoms in total. The molecule has 18 heavy (non-hydrogen) atoms. The highest BCUT2D eigenvalue weighted by atomic mass is 16.5. The molecular formula is C13H16N2O3. The summed E-state index contributed by atoms with van der Waals surface area (Å²) in [5.74, 6) is 2.74. The summed E-state index contributed by atoms with van der Waals surface area (Å²) in [6.07, 6.45) is 1.54. The van der Waals surface area contributed by atoms with Crippen LogP contribution in [0.3, 0.4) is 0 Å². The van der Waals surface area contributed by atoms with Crippen LogP contribution in [0.4, 0.5) is 5.82 Å². The average molecular weight is 248 g/mol. The van der Waals surface area contributed by atoms with Crippen molar-refractivity contribution in [3.8, 4) is 11.5 Å². The Morgan fingerprint density at radius 3 is 2.22 bits per heavy atom. The number of rotatable bonds is 5. The Labute approximate surface area is 105 Å². The fraction of sp³-hybridized carbons (Fsp3) is 0.308. The number of nitrogen functional groups attached to an aromatic ring is 1. The maximum absolute atomic E-state index is 5.49. The van der Waals surface area contributed by atoms with Crippen molar-refractivity contribution in [2.45, 2.75) is 12.8 Å². The fourth-order valence-electron chi connectivity index (χ4n) is 1.73. The van der Waals surface area contributed by atoms with Gasteiger partial charge in [-0.2, -0.15) is 0 Å². The van der Waals surface area contributed by atoms with E-state index in [4.69, 9.17) is 19.7 Å². The van der Waals surface area contributed by atoms with E-state index < -0.39 is 0 Å². The summed E-state index contributed by atoms with van der Waals surface area (Å²) in [6.45, 7) is 0. The molecule has 0 aliphatic carbocycles. The van der Waals surface area contributed by atoms with Gasteiger partial charge in [0, 0.05) is 18.6 Å². The van der Waals surface area contributed by atoms with Gasteiger partial charge in [-0.25, -0.2) is 0 Å². The van der Waals surface area contributed by atoms with Crippen molar-refractivity contribution >= 4 is 5.82 Å². The summed E-state index contributed by atoms with van der Waals surface area (Å²) < 4.78 is 15.5. The molecule has 0 aliphatic heterocycles. The number of ether oxygens (including phenoxy) is 2. The summed E-state index contributed by atoms with van der Waals surface area (Å²) in [5, 5.41) is 3.65. The van der Waals surface area contributed by atoms with E-state index in [1.54, 1.807) is 20.3 Å². The van der Waals surface area contributed by atoms with Gasteiger partial charge in [0.25, 0.3) is 0 Å². The lowest BCUT2D eigenvalue weighted by Gasteiger charge is -2.07. The van der Waals surface area contributed by atoms with Crippen LogP contribution < -0.4 is 15.2 Å². The van der Waals surface area contributed by atoms with Crippen molar-refractivity contribution < 1.29 is 14.0 Å². The lowest BCUT2D eigenvalue weighted by molar-refractivity contribution is 0.384. The Kier molecular flexibility index (Phi) is 3.72. The van der Waals surface area contributed by atoms with Crippen LogP contribution in [0, 0.1) is 0 Å². The minimum absolute atomic E-state index is 0.410. The number of methoxy groups -OCH3 is 2. The Morgan fingerprint density at radius 1 is 1.06 bits per heavy atom. The van der Waals surface area contributed by atoms with Gasteiger partial charge in [-0.3, -0.25) is 0 Å². The smallest absolute Gasteiger partial charge is 0.167 e. The third-order valence-electron chi connectivity index (χ3n) is 2.65. The van der Waals surface area contributed by atoms with Crippen LogP contribution in [0.5, 0.6) is 11.5 Å². The van der Waals surface area contributed by atoms with Gasteiger partial charge in [0.15, 0.2) is 5.82 Å². The number of hydrogen-bond donors (Lipinski definition) is 1. The number of nitrogens with two attached hydrogens (primary N) is 1. The summed E-state index contributed by atoms with van der Waals surface area (Å²) in [4.78, 5) is 0. The Hall–Kier alpha value is -2.17. The fourth-order valence-corrected chi connectivity index (χ4v) is 1.73. The van der Waals surface area contributed by atoms with E-state index in [9.17, 15) is 0 Å².